The van der Waals surface area contributed by atoms with Crippen LogP contribution in [-0.4, -0.2) is 12.3 Å². The van der Waals surface area contributed by atoms with Crippen LogP contribution in [0, 0.1) is 13.8 Å². The van der Waals surface area contributed by atoms with Crippen molar-refractivity contribution in [2.75, 3.05) is 11.9 Å². The van der Waals surface area contributed by atoms with Gasteiger partial charge in [0.15, 0.2) is 0 Å². The van der Waals surface area contributed by atoms with Gasteiger partial charge in [-0.3, -0.25) is 4.79 Å². The van der Waals surface area contributed by atoms with Crippen LogP contribution in [0.5, 0.6) is 0 Å². The summed E-state index contributed by atoms with van der Waals surface area (Å²) in [6.45, 7) is 5.07. The molecule has 1 N–H and O–H groups in total. The number of nitrogens with one attached hydrogen (secondary N) is 1. The van der Waals surface area contributed by atoms with Gasteiger partial charge < -0.3 is 5.32 Å². The van der Waals surface area contributed by atoms with Crippen molar-refractivity contribution in [3.63, 3.8) is 0 Å². The number of carbonyl (C=O) groups is 1. The molecule has 0 fully saturated rings. The number of fused-ring (bicyclic) bond motifs is 1. The molecule has 1 aliphatic heterocycles. The normalized spacial score (nSPS) is 16.4. The molecule has 2 aromatic rings. The van der Waals surface area contributed by atoms with Crippen molar-refractivity contribution in [3.8, 4) is 0 Å². The van der Waals surface area contributed by atoms with Crippen molar-refractivity contribution in [2.24, 2.45) is 0 Å². The predicted octanol–water partition coefficient (Wildman–Crippen LogP) is 4.01. The number of para-hydroxylation sites is 1. The molecule has 1 aliphatic rings. The van der Waals surface area contributed by atoms with Gasteiger partial charge >= 0.3 is 0 Å². The molecule has 1 unspecified atom stereocenters. The third kappa shape index (κ3) is 2.99. The number of rotatable bonds is 4. The summed E-state index contributed by atoms with van der Waals surface area (Å²) in [5.74, 6) is 0.641. The van der Waals surface area contributed by atoms with E-state index in [4.69, 9.17) is 0 Å². The summed E-state index contributed by atoms with van der Waals surface area (Å²) >= 11 is 0. The SMILES string of the molecule is Cc1ccc(CC(=O)CC2CNc3ccccc32)cc1C. The van der Waals surface area contributed by atoms with Gasteiger partial charge in [-0.25, -0.2) is 0 Å². The van der Waals surface area contributed by atoms with E-state index < -0.39 is 0 Å². The van der Waals surface area contributed by atoms with E-state index in [0.29, 0.717) is 24.5 Å². The third-order valence-corrected chi connectivity index (χ3v) is 4.39. The molecule has 0 radical (unpaired) electrons. The summed E-state index contributed by atoms with van der Waals surface area (Å²) in [5, 5.41) is 3.38. The summed E-state index contributed by atoms with van der Waals surface area (Å²) < 4.78 is 0. The minimum absolute atomic E-state index is 0.320. The van der Waals surface area contributed by atoms with Crippen LogP contribution in [0.2, 0.25) is 0 Å². The summed E-state index contributed by atoms with van der Waals surface area (Å²) in [5.41, 5.74) is 6.13. The fraction of sp³-hybridized carbons (Fsp3) is 0.316. The average Bonchev–Trinajstić information content (AvgIpc) is 2.86. The van der Waals surface area contributed by atoms with Crippen molar-refractivity contribution in [3.05, 3.63) is 64.7 Å². The Bertz CT molecular complexity index is 675. The number of aryl methyl sites for hydroxylation is 2. The van der Waals surface area contributed by atoms with E-state index in [-0.39, 0.29) is 0 Å². The molecule has 1 atom stereocenters. The lowest BCUT2D eigenvalue weighted by Gasteiger charge is -2.10. The van der Waals surface area contributed by atoms with E-state index in [1.54, 1.807) is 0 Å². The van der Waals surface area contributed by atoms with Gasteiger partial charge in [-0.2, -0.15) is 0 Å². The smallest absolute Gasteiger partial charge is 0.137 e. The highest BCUT2D eigenvalue weighted by molar-refractivity contribution is 5.82. The Morgan fingerprint density at radius 2 is 1.95 bits per heavy atom. The number of Topliss-reactive ketones (excluding diaryl/α,β-unsaturated/α-hetero) is 1. The Morgan fingerprint density at radius 1 is 1.14 bits per heavy atom. The zero-order valence-corrected chi connectivity index (χ0v) is 12.6. The first-order valence-electron chi connectivity index (χ1n) is 7.54. The zero-order chi connectivity index (χ0) is 14.8. The van der Waals surface area contributed by atoms with Gasteiger partial charge in [-0.15, -0.1) is 0 Å². The Balaban J connectivity index is 1.66. The fourth-order valence-electron chi connectivity index (χ4n) is 3.03. The van der Waals surface area contributed by atoms with E-state index >= 15 is 0 Å². The highest BCUT2D eigenvalue weighted by atomic mass is 16.1. The Labute approximate surface area is 126 Å². The molecule has 108 valence electrons. The standard InChI is InChI=1S/C19H21NO/c1-13-7-8-15(9-14(13)2)10-17(21)11-16-12-20-19-6-4-3-5-18(16)19/h3-9,16,20H,10-12H2,1-2H3. The summed E-state index contributed by atoms with van der Waals surface area (Å²) in [6.07, 6.45) is 1.16. The first-order valence-corrected chi connectivity index (χ1v) is 7.54. The van der Waals surface area contributed by atoms with Crippen molar-refractivity contribution in [1.82, 2.24) is 0 Å². The van der Waals surface area contributed by atoms with Crippen molar-refractivity contribution in [1.29, 1.82) is 0 Å². The maximum atomic E-state index is 12.3. The van der Waals surface area contributed by atoms with Gasteiger partial charge in [0.2, 0.25) is 0 Å². The Morgan fingerprint density at radius 3 is 2.76 bits per heavy atom. The lowest BCUT2D eigenvalue weighted by molar-refractivity contribution is -0.118. The highest BCUT2D eigenvalue weighted by Gasteiger charge is 2.23. The first-order chi connectivity index (χ1) is 10.1. The molecule has 0 bridgehead atoms. The molecular formula is C19H21NO. The number of hydrogen-bond donors (Lipinski definition) is 1. The fourth-order valence-corrected chi connectivity index (χ4v) is 3.03. The number of anilines is 1. The topological polar surface area (TPSA) is 29.1 Å². The van der Waals surface area contributed by atoms with E-state index in [1.165, 1.54) is 22.4 Å². The Hall–Kier alpha value is -2.09. The molecule has 0 aromatic heterocycles. The molecule has 1 heterocycles. The van der Waals surface area contributed by atoms with Gasteiger partial charge in [-0.05, 0) is 42.2 Å². The average molecular weight is 279 g/mol. The molecule has 2 aromatic carbocycles. The minimum atomic E-state index is 0.320. The van der Waals surface area contributed by atoms with Crippen molar-refractivity contribution < 1.29 is 4.79 Å². The largest absolute Gasteiger partial charge is 0.384 e. The predicted molar refractivity (Wildman–Crippen MR) is 86.9 cm³/mol. The van der Waals surface area contributed by atoms with E-state index in [9.17, 15) is 4.79 Å². The minimum Gasteiger partial charge on any atom is -0.384 e. The maximum absolute atomic E-state index is 12.3. The zero-order valence-electron chi connectivity index (χ0n) is 12.6. The third-order valence-electron chi connectivity index (χ3n) is 4.39. The second kappa shape index (κ2) is 5.72. The maximum Gasteiger partial charge on any atom is 0.137 e. The summed E-state index contributed by atoms with van der Waals surface area (Å²) in [4.78, 5) is 12.3. The molecule has 0 saturated carbocycles. The van der Waals surface area contributed by atoms with Gasteiger partial charge in [0.25, 0.3) is 0 Å². The van der Waals surface area contributed by atoms with Crippen LogP contribution < -0.4 is 5.32 Å². The van der Waals surface area contributed by atoms with Crippen LogP contribution >= 0.6 is 0 Å². The van der Waals surface area contributed by atoms with Crippen LogP contribution in [0.1, 0.15) is 34.6 Å². The number of ketones is 1. The van der Waals surface area contributed by atoms with Gasteiger partial charge in [0.05, 0.1) is 0 Å². The lowest BCUT2D eigenvalue weighted by atomic mass is 9.93. The molecule has 0 saturated heterocycles. The number of carbonyl (C=O) groups excluding carboxylic acids is 1. The van der Waals surface area contributed by atoms with Gasteiger partial charge in [-0.1, -0.05) is 36.4 Å². The first kappa shape index (κ1) is 13.9. The monoisotopic (exact) mass is 279 g/mol. The molecule has 2 nitrogen and oxygen atoms in total. The molecule has 0 amide bonds. The van der Waals surface area contributed by atoms with E-state index in [1.807, 2.05) is 12.1 Å². The van der Waals surface area contributed by atoms with Crippen LogP contribution in [0.3, 0.4) is 0 Å². The van der Waals surface area contributed by atoms with Crippen LogP contribution in [0.25, 0.3) is 0 Å². The lowest BCUT2D eigenvalue weighted by Crippen LogP contribution is -2.11. The van der Waals surface area contributed by atoms with Crippen LogP contribution in [0.15, 0.2) is 42.5 Å². The molecule has 0 aliphatic carbocycles. The van der Waals surface area contributed by atoms with E-state index in [2.05, 4.69) is 49.5 Å². The molecule has 21 heavy (non-hydrogen) atoms. The van der Waals surface area contributed by atoms with Crippen LogP contribution in [0.4, 0.5) is 5.69 Å². The summed E-state index contributed by atoms with van der Waals surface area (Å²) in [6, 6.07) is 14.6. The highest BCUT2D eigenvalue weighted by Crippen LogP contribution is 2.33. The molecule has 2 heteroatoms. The molecule has 0 spiro atoms. The number of benzene rings is 2. The number of hydrogen-bond acceptors (Lipinski definition) is 2. The quantitative estimate of drug-likeness (QED) is 0.916. The van der Waals surface area contributed by atoms with Crippen molar-refractivity contribution in [2.45, 2.75) is 32.6 Å². The van der Waals surface area contributed by atoms with E-state index in [0.717, 1.165) is 12.1 Å². The van der Waals surface area contributed by atoms with Crippen LogP contribution in [-0.2, 0) is 11.2 Å². The second-order valence-electron chi connectivity index (χ2n) is 6.00. The molecule has 3 rings (SSSR count). The van der Waals surface area contributed by atoms with Crippen molar-refractivity contribution >= 4 is 11.5 Å². The summed E-state index contributed by atoms with van der Waals surface area (Å²) in [7, 11) is 0. The second-order valence-corrected chi connectivity index (χ2v) is 6.00. The van der Waals surface area contributed by atoms with Gasteiger partial charge in [0, 0.05) is 31.0 Å². The Kier molecular flexibility index (Phi) is 3.78. The van der Waals surface area contributed by atoms with Gasteiger partial charge in [0.1, 0.15) is 5.78 Å². The molecular weight excluding hydrogens is 258 g/mol.